The molecule has 2 aliphatic rings. The molecular formula is C18H25N6O2S+. The number of amides is 1. The van der Waals surface area contributed by atoms with E-state index in [0.717, 1.165) is 63.2 Å². The van der Waals surface area contributed by atoms with Crippen LogP contribution in [0.2, 0.25) is 0 Å². The number of ether oxygens (including phenoxy) is 1. The van der Waals surface area contributed by atoms with E-state index in [9.17, 15) is 4.79 Å². The molecule has 1 aromatic carbocycles. The average molecular weight is 390 g/mol. The van der Waals surface area contributed by atoms with Crippen LogP contribution in [-0.4, -0.2) is 82.2 Å². The predicted octanol–water partition coefficient (Wildman–Crippen LogP) is -0.339. The first-order valence-electron chi connectivity index (χ1n) is 9.49. The number of rotatable bonds is 7. The van der Waals surface area contributed by atoms with Gasteiger partial charge in [0.15, 0.2) is 0 Å². The lowest BCUT2D eigenvalue weighted by Crippen LogP contribution is -3.15. The number of nitrogens with one attached hydrogen (secondary N) is 1. The van der Waals surface area contributed by atoms with E-state index in [0.29, 0.717) is 6.42 Å². The fourth-order valence-corrected chi connectivity index (χ4v) is 4.80. The molecule has 0 bridgehead atoms. The number of carbonyl (C=O) groups excluding carboxylic acids is 1. The average Bonchev–Trinajstić information content (AvgIpc) is 3.32. The molecule has 0 unspecified atom stereocenters. The quantitative estimate of drug-likeness (QED) is 0.653. The highest BCUT2D eigenvalue weighted by Gasteiger charge is 2.29. The van der Waals surface area contributed by atoms with Crippen molar-refractivity contribution >= 4 is 17.7 Å². The van der Waals surface area contributed by atoms with Gasteiger partial charge in [0, 0.05) is 19.5 Å². The van der Waals surface area contributed by atoms with Gasteiger partial charge in [-0.3, -0.25) is 4.79 Å². The largest absolute Gasteiger partial charge is 0.370 e. The number of benzene rings is 1. The summed E-state index contributed by atoms with van der Waals surface area (Å²) in [5.41, 5.74) is 0.944. The number of carbonyl (C=O) groups is 1. The summed E-state index contributed by atoms with van der Waals surface area (Å²) in [4.78, 5) is 15.6. The van der Waals surface area contributed by atoms with Crippen molar-refractivity contribution in [2.24, 2.45) is 0 Å². The zero-order chi connectivity index (χ0) is 18.5. The van der Waals surface area contributed by atoms with Crippen molar-refractivity contribution in [1.29, 1.82) is 0 Å². The van der Waals surface area contributed by atoms with E-state index >= 15 is 0 Å². The van der Waals surface area contributed by atoms with Crippen LogP contribution in [0.1, 0.15) is 12.8 Å². The van der Waals surface area contributed by atoms with Gasteiger partial charge in [0.1, 0.15) is 13.1 Å². The molecule has 0 aliphatic carbocycles. The number of tetrazole rings is 1. The molecule has 3 heterocycles. The minimum Gasteiger partial charge on any atom is -0.370 e. The molecule has 0 saturated carbocycles. The van der Waals surface area contributed by atoms with Gasteiger partial charge in [-0.1, -0.05) is 30.0 Å². The van der Waals surface area contributed by atoms with Crippen molar-refractivity contribution in [2.75, 3.05) is 45.9 Å². The third-order valence-corrected chi connectivity index (χ3v) is 6.14. The normalized spacial score (nSPS) is 19.6. The van der Waals surface area contributed by atoms with E-state index in [4.69, 9.17) is 4.74 Å². The summed E-state index contributed by atoms with van der Waals surface area (Å²) in [5.74, 6) is 0.264. The van der Waals surface area contributed by atoms with Crippen LogP contribution in [0.3, 0.4) is 0 Å². The number of nitrogens with zero attached hydrogens (tertiary/aromatic N) is 5. The molecule has 27 heavy (non-hydrogen) atoms. The highest BCUT2D eigenvalue weighted by atomic mass is 32.2. The molecule has 144 valence electrons. The highest BCUT2D eigenvalue weighted by Crippen LogP contribution is 2.24. The van der Waals surface area contributed by atoms with Gasteiger partial charge in [-0.15, -0.1) is 5.10 Å². The molecule has 8 nitrogen and oxygen atoms in total. The molecule has 2 fully saturated rings. The molecule has 0 spiro atoms. The Kier molecular flexibility index (Phi) is 6.00. The minimum absolute atomic E-state index is 0.244. The van der Waals surface area contributed by atoms with Crippen molar-refractivity contribution in [3.8, 4) is 5.69 Å². The maximum absolute atomic E-state index is 12.1. The summed E-state index contributed by atoms with van der Waals surface area (Å²) in [5, 5.41) is 13.3. The van der Waals surface area contributed by atoms with Crippen molar-refractivity contribution in [2.45, 2.75) is 23.2 Å². The van der Waals surface area contributed by atoms with Crippen LogP contribution in [-0.2, 0) is 9.53 Å². The Balaban J connectivity index is 1.50. The third kappa shape index (κ3) is 4.66. The van der Waals surface area contributed by atoms with Crippen molar-refractivity contribution in [1.82, 2.24) is 25.1 Å². The monoisotopic (exact) mass is 389 g/mol. The van der Waals surface area contributed by atoms with Gasteiger partial charge in [0.25, 0.3) is 0 Å². The van der Waals surface area contributed by atoms with E-state index in [1.807, 2.05) is 35.2 Å². The number of thioether (sulfide) groups is 1. The van der Waals surface area contributed by atoms with E-state index < -0.39 is 0 Å². The van der Waals surface area contributed by atoms with Gasteiger partial charge in [0.05, 0.1) is 30.7 Å². The lowest BCUT2D eigenvalue weighted by Gasteiger charge is -2.29. The number of quaternary nitrogens is 1. The summed E-state index contributed by atoms with van der Waals surface area (Å²) in [6.07, 6.45) is 1.63. The Labute approximate surface area is 162 Å². The SMILES string of the molecule is O=C1CCCN1C[C@H](C[NH+]1CCOCC1)Sc1nnnn1-c1ccccc1. The number of morpholine rings is 1. The fraction of sp³-hybridized carbons (Fsp3) is 0.556. The number of para-hydroxylation sites is 1. The van der Waals surface area contributed by atoms with Crippen LogP contribution in [0.15, 0.2) is 35.5 Å². The van der Waals surface area contributed by atoms with Gasteiger partial charge < -0.3 is 14.5 Å². The molecule has 2 aromatic rings. The lowest BCUT2D eigenvalue weighted by molar-refractivity contribution is -0.907. The first-order chi connectivity index (χ1) is 13.3. The van der Waals surface area contributed by atoms with E-state index in [-0.39, 0.29) is 11.2 Å². The van der Waals surface area contributed by atoms with Gasteiger partial charge in [-0.2, -0.15) is 4.68 Å². The number of hydrogen-bond acceptors (Lipinski definition) is 6. The zero-order valence-electron chi connectivity index (χ0n) is 15.3. The molecule has 1 N–H and O–H groups in total. The Morgan fingerprint density at radius 2 is 2.04 bits per heavy atom. The third-order valence-electron chi connectivity index (χ3n) is 5.03. The van der Waals surface area contributed by atoms with Crippen LogP contribution >= 0.6 is 11.8 Å². The summed E-state index contributed by atoms with van der Waals surface area (Å²) in [6, 6.07) is 9.91. The van der Waals surface area contributed by atoms with E-state index in [1.165, 1.54) is 4.90 Å². The van der Waals surface area contributed by atoms with Crippen molar-refractivity contribution < 1.29 is 14.4 Å². The molecule has 1 amide bonds. The number of hydrogen-bond donors (Lipinski definition) is 1. The van der Waals surface area contributed by atoms with Gasteiger partial charge in [0.2, 0.25) is 11.1 Å². The summed E-state index contributed by atoms with van der Waals surface area (Å²) in [7, 11) is 0. The minimum atomic E-state index is 0.244. The maximum Gasteiger partial charge on any atom is 0.222 e. The fourth-order valence-electron chi connectivity index (χ4n) is 3.61. The molecular weight excluding hydrogens is 364 g/mol. The molecule has 2 aliphatic heterocycles. The standard InChI is InChI=1S/C18H24N6O2S/c25-17-7-4-8-23(17)14-16(13-22-9-11-26-12-10-22)27-18-19-20-21-24(18)15-5-2-1-3-6-15/h1-3,5-6,16H,4,7-14H2/p+1/t16-/m0/s1. The molecule has 1 atom stereocenters. The Hall–Kier alpha value is -1.97. The van der Waals surface area contributed by atoms with Crippen molar-refractivity contribution in [3.63, 3.8) is 0 Å². The van der Waals surface area contributed by atoms with E-state index in [2.05, 4.69) is 15.5 Å². The van der Waals surface area contributed by atoms with Crippen LogP contribution in [0, 0.1) is 0 Å². The molecule has 9 heteroatoms. The van der Waals surface area contributed by atoms with Crippen LogP contribution in [0.4, 0.5) is 0 Å². The van der Waals surface area contributed by atoms with Gasteiger partial charge in [-0.05, 0) is 29.0 Å². The highest BCUT2D eigenvalue weighted by molar-refractivity contribution is 7.99. The first-order valence-corrected chi connectivity index (χ1v) is 10.4. The van der Waals surface area contributed by atoms with Crippen LogP contribution < -0.4 is 4.90 Å². The summed E-state index contributed by atoms with van der Waals surface area (Å²) >= 11 is 1.67. The topological polar surface area (TPSA) is 77.6 Å². The lowest BCUT2D eigenvalue weighted by atomic mass is 10.3. The second kappa shape index (κ2) is 8.81. The molecule has 1 aromatic heterocycles. The second-order valence-electron chi connectivity index (χ2n) is 6.96. The van der Waals surface area contributed by atoms with Crippen LogP contribution in [0.25, 0.3) is 5.69 Å². The first kappa shape index (κ1) is 18.4. The van der Waals surface area contributed by atoms with Crippen molar-refractivity contribution in [3.05, 3.63) is 30.3 Å². The number of likely N-dealkylation sites (tertiary alicyclic amines) is 1. The Bertz CT molecular complexity index is 749. The Morgan fingerprint density at radius 1 is 1.22 bits per heavy atom. The summed E-state index contributed by atoms with van der Waals surface area (Å²) < 4.78 is 7.26. The van der Waals surface area contributed by atoms with Gasteiger partial charge >= 0.3 is 0 Å². The van der Waals surface area contributed by atoms with Crippen LogP contribution in [0.5, 0.6) is 0 Å². The maximum atomic E-state index is 12.1. The van der Waals surface area contributed by atoms with Gasteiger partial charge in [-0.25, -0.2) is 0 Å². The molecule has 0 radical (unpaired) electrons. The molecule has 2 saturated heterocycles. The second-order valence-corrected chi connectivity index (χ2v) is 8.23. The predicted molar refractivity (Wildman–Crippen MR) is 101 cm³/mol. The molecule has 4 rings (SSSR count). The summed E-state index contributed by atoms with van der Waals surface area (Å²) in [6.45, 7) is 6.20. The Morgan fingerprint density at radius 3 is 2.78 bits per heavy atom. The smallest absolute Gasteiger partial charge is 0.222 e. The van der Waals surface area contributed by atoms with E-state index in [1.54, 1.807) is 16.4 Å². The zero-order valence-corrected chi connectivity index (χ0v) is 16.1. The number of aromatic nitrogens is 4.